The predicted octanol–water partition coefficient (Wildman–Crippen LogP) is 12.4. The first-order valence-corrected chi connectivity index (χ1v) is 26.3. The van der Waals surface area contributed by atoms with E-state index in [1.54, 1.807) is 0 Å². The molecule has 4 atom stereocenters. The van der Waals surface area contributed by atoms with E-state index in [1.807, 2.05) is 0 Å². The Kier molecular flexibility index (Phi) is 9.33. The van der Waals surface area contributed by atoms with Crippen molar-refractivity contribution in [1.29, 1.82) is 0 Å². The number of ether oxygens (including phenoxy) is 3. The number of esters is 3. The number of hydrogen-bond donors (Lipinski definition) is 0. The monoisotopic (exact) mass is 924 g/mol. The maximum Gasteiger partial charge on any atom is 0.376 e. The minimum Gasteiger partial charge on any atom is -0.461 e. The Labute approximate surface area is 392 Å². The van der Waals surface area contributed by atoms with Crippen LogP contribution in [-0.4, -0.2) is 48.6 Å². The molecule has 16 bridgehead atoms. The van der Waals surface area contributed by atoms with E-state index in [-0.39, 0.29) is 40.8 Å². The maximum absolute atomic E-state index is 14.1. The van der Waals surface area contributed by atoms with Gasteiger partial charge < -0.3 is 14.2 Å². The lowest BCUT2D eigenvalue weighted by atomic mass is 9.33. The summed E-state index contributed by atoms with van der Waals surface area (Å²) >= 11 is 0. The van der Waals surface area contributed by atoms with E-state index in [1.165, 1.54) is 71.9 Å². The molecular weight excluding hydrogens is 857 g/mol. The van der Waals surface area contributed by atoms with Gasteiger partial charge in [0, 0.05) is 24.7 Å². The summed E-state index contributed by atoms with van der Waals surface area (Å²) in [6, 6.07) is 13.4. The van der Waals surface area contributed by atoms with Crippen molar-refractivity contribution < 1.29 is 46.2 Å². The minimum absolute atomic E-state index is 0.0329. The molecule has 0 aromatic heterocycles. The lowest BCUT2D eigenvalue weighted by Crippen LogP contribution is -2.67. The van der Waals surface area contributed by atoms with Gasteiger partial charge >= 0.3 is 29.8 Å². The highest BCUT2D eigenvalue weighted by Gasteiger charge is 2.71. The summed E-state index contributed by atoms with van der Waals surface area (Å²) in [5, 5.41) is 0. The standard InChI is InChI=1S/C29H38F2O4.C28H30F2O2/c1-26(30,31)24(32)34-14-27-6-16-2-17(7-27)9-29(8-16,13-27)35-25(33)28-10-21-18-3-15-4-19(21)23(12-28)20(5-15)22(18)11-28;1-17-7-8-23(22-10-20-5-3-4-6-21(20)24(17)22)28-13-18-9-19(14-28)12-27(11-18,15-28)16-32-25(31)26(2,29)30/h15-23H,2-14H2,1H3;3-8,18-19H,9-16H2,1-2H3. The third-order valence-corrected chi connectivity index (χ3v) is 21.5. The predicted molar refractivity (Wildman–Crippen MR) is 242 cm³/mol. The molecule has 67 heavy (non-hydrogen) atoms. The van der Waals surface area contributed by atoms with Crippen LogP contribution in [0.15, 0.2) is 36.4 Å². The fraction of sp³-hybridized carbons (Fsp3) is 0.737. The second-order valence-corrected chi connectivity index (χ2v) is 26.3. The van der Waals surface area contributed by atoms with E-state index in [2.05, 4.69) is 43.3 Å². The summed E-state index contributed by atoms with van der Waals surface area (Å²) < 4.78 is 70.9. The van der Waals surface area contributed by atoms with Gasteiger partial charge in [0.2, 0.25) is 0 Å². The molecule has 16 aliphatic carbocycles. The summed E-state index contributed by atoms with van der Waals surface area (Å²) in [6.07, 6.45) is 20.3. The normalized spacial score (nSPS) is 44.6. The van der Waals surface area contributed by atoms with Crippen LogP contribution < -0.4 is 0 Å². The Bertz CT molecular complexity index is 2340. The molecule has 10 heteroatoms. The highest BCUT2D eigenvalue weighted by molar-refractivity contribution is 5.81. The van der Waals surface area contributed by atoms with E-state index in [9.17, 15) is 31.9 Å². The van der Waals surface area contributed by atoms with E-state index in [0.29, 0.717) is 43.9 Å². The molecule has 2 aromatic rings. The topological polar surface area (TPSA) is 78.9 Å². The number of benzene rings is 2. The zero-order valence-electron chi connectivity index (χ0n) is 39.6. The van der Waals surface area contributed by atoms with Gasteiger partial charge in [-0.2, -0.15) is 17.6 Å². The number of alkyl halides is 4. The van der Waals surface area contributed by atoms with Gasteiger partial charge in [0.15, 0.2) is 0 Å². The Morgan fingerprint density at radius 2 is 1.10 bits per heavy atom. The molecule has 0 aliphatic heterocycles. The van der Waals surface area contributed by atoms with Gasteiger partial charge in [-0.15, -0.1) is 0 Å². The van der Waals surface area contributed by atoms with Gasteiger partial charge in [-0.05, 0) is 233 Å². The molecule has 4 unspecified atom stereocenters. The summed E-state index contributed by atoms with van der Waals surface area (Å²) in [5.74, 6) is -1.80. The third kappa shape index (κ3) is 6.74. The molecule has 0 saturated heterocycles. The molecular formula is C57H68F4O6. The van der Waals surface area contributed by atoms with E-state index in [0.717, 1.165) is 118 Å². The lowest BCUT2D eigenvalue weighted by molar-refractivity contribution is -0.255. The number of halogens is 4. The number of carbonyl (C=O) groups is 3. The molecule has 15 fully saturated rings. The SMILES string of the molecule is CC(F)(F)C(=O)OCC12CC3CC(C1)CC(OC(=O)C14CC5C6CC7CC5C(C1)C(C7)C6C4)(C3)C2.Cc1ccc(C23CC4CC(CC(COC(=O)C(C)(F)F)(C4)C2)C3)c2c1-c1ccccc1C2. The molecule has 18 rings (SSSR count). The third-order valence-electron chi connectivity index (χ3n) is 21.5. The Morgan fingerprint density at radius 1 is 0.597 bits per heavy atom. The summed E-state index contributed by atoms with van der Waals surface area (Å²) in [4.78, 5) is 37.8. The summed E-state index contributed by atoms with van der Waals surface area (Å²) in [5.41, 5.74) is 7.28. The molecule has 0 N–H and O–H groups in total. The van der Waals surface area contributed by atoms with Crippen molar-refractivity contribution in [3.8, 4) is 11.1 Å². The van der Waals surface area contributed by atoms with E-state index >= 15 is 0 Å². The highest BCUT2D eigenvalue weighted by Crippen LogP contribution is 2.75. The van der Waals surface area contributed by atoms with Crippen LogP contribution in [0.2, 0.25) is 0 Å². The smallest absolute Gasteiger partial charge is 0.376 e. The molecule has 2 aromatic carbocycles. The van der Waals surface area contributed by atoms with Crippen LogP contribution >= 0.6 is 0 Å². The number of carbonyl (C=O) groups excluding carboxylic acids is 3. The quantitative estimate of drug-likeness (QED) is 0.121. The van der Waals surface area contributed by atoms with Crippen LogP contribution in [-0.2, 0) is 40.4 Å². The Hall–Kier alpha value is -3.43. The van der Waals surface area contributed by atoms with Crippen molar-refractivity contribution >= 4 is 17.9 Å². The summed E-state index contributed by atoms with van der Waals surface area (Å²) in [7, 11) is 0. The molecule has 0 radical (unpaired) electrons. The highest BCUT2D eigenvalue weighted by atomic mass is 19.3. The second kappa shape index (κ2) is 14.3. The second-order valence-electron chi connectivity index (χ2n) is 26.3. The molecule has 6 nitrogen and oxygen atoms in total. The first kappa shape index (κ1) is 43.6. The van der Waals surface area contributed by atoms with Gasteiger partial charge in [0.1, 0.15) is 5.60 Å². The van der Waals surface area contributed by atoms with Gasteiger partial charge in [0.25, 0.3) is 0 Å². The molecule has 360 valence electrons. The summed E-state index contributed by atoms with van der Waals surface area (Å²) in [6.45, 7) is 3.60. The first-order valence-electron chi connectivity index (χ1n) is 26.3. The molecule has 16 aliphatic rings. The Morgan fingerprint density at radius 3 is 1.64 bits per heavy atom. The van der Waals surface area contributed by atoms with Crippen LogP contribution in [0.4, 0.5) is 17.6 Å². The number of rotatable bonds is 9. The molecule has 0 amide bonds. The fourth-order valence-corrected chi connectivity index (χ4v) is 20.7. The minimum atomic E-state index is -3.47. The molecule has 15 saturated carbocycles. The number of hydrogen-bond acceptors (Lipinski definition) is 6. The van der Waals surface area contributed by atoms with Crippen LogP contribution in [0.3, 0.4) is 0 Å². The molecule has 0 spiro atoms. The van der Waals surface area contributed by atoms with Gasteiger partial charge in [-0.1, -0.05) is 36.4 Å². The molecule has 0 heterocycles. The first-order chi connectivity index (χ1) is 31.7. The van der Waals surface area contributed by atoms with Crippen LogP contribution in [0, 0.1) is 88.3 Å². The maximum atomic E-state index is 14.1. The number of fused-ring (bicyclic) bond motifs is 3. The van der Waals surface area contributed by atoms with Gasteiger partial charge in [-0.3, -0.25) is 4.79 Å². The van der Waals surface area contributed by atoms with E-state index < -0.39 is 29.4 Å². The van der Waals surface area contributed by atoms with Gasteiger partial charge in [0.05, 0.1) is 18.6 Å². The van der Waals surface area contributed by atoms with Crippen molar-refractivity contribution in [2.45, 2.75) is 166 Å². The lowest BCUT2D eigenvalue weighted by Gasteiger charge is -2.72. The number of aryl methyl sites for hydroxylation is 1. The van der Waals surface area contributed by atoms with Crippen molar-refractivity contribution in [1.82, 2.24) is 0 Å². The zero-order valence-corrected chi connectivity index (χ0v) is 39.6. The zero-order chi connectivity index (χ0) is 46.3. The average molecular weight is 925 g/mol. The Balaban J connectivity index is 0.000000134. The average Bonchev–Trinajstić information content (AvgIpc) is 3.65. The largest absolute Gasteiger partial charge is 0.461 e. The van der Waals surface area contributed by atoms with Crippen molar-refractivity contribution in [2.24, 2.45) is 81.3 Å². The van der Waals surface area contributed by atoms with Gasteiger partial charge in [-0.25, -0.2) is 9.59 Å². The van der Waals surface area contributed by atoms with Crippen LogP contribution in [0.25, 0.3) is 11.1 Å². The van der Waals surface area contributed by atoms with Crippen LogP contribution in [0.1, 0.15) is 152 Å². The fourth-order valence-electron chi connectivity index (χ4n) is 20.7. The van der Waals surface area contributed by atoms with Crippen LogP contribution in [0.5, 0.6) is 0 Å². The van der Waals surface area contributed by atoms with Crippen molar-refractivity contribution in [2.75, 3.05) is 13.2 Å². The van der Waals surface area contributed by atoms with Crippen molar-refractivity contribution in [3.05, 3.63) is 58.7 Å². The van der Waals surface area contributed by atoms with Crippen molar-refractivity contribution in [3.63, 3.8) is 0 Å². The van der Waals surface area contributed by atoms with E-state index in [4.69, 9.17) is 14.2 Å².